The summed E-state index contributed by atoms with van der Waals surface area (Å²) in [5.41, 5.74) is 5.85. The topological polar surface area (TPSA) is 63.3 Å². The van der Waals surface area contributed by atoms with Gasteiger partial charge in [0.15, 0.2) is 11.1 Å². The molecule has 12 heavy (non-hydrogen) atoms. The van der Waals surface area contributed by atoms with Crippen LogP contribution in [-0.4, -0.2) is 8.76 Å². The van der Waals surface area contributed by atoms with Crippen molar-refractivity contribution in [3.63, 3.8) is 0 Å². The van der Waals surface area contributed by atoms with Gasteiger partial charge in [-0.15, -0.1) is 12.6 Å². The van der Waals surface area contributed by atoms with Crippen LogP contribution < -0.4 is 5.73 Å². The number of rotatable bonds is 1. The molecule has 0 aliphatic heterocycles. The molecule has 0 heterocycles. The summed E-state index contributed by atoms with van der Waals surface area (Å²) in [4.78, 5) is 0.902. The summed E-state index contributed by atoms with van der Waals surface area (Å²) in [7, 11) is 0. The Bertz CT molecular complexity index is 306. The molecule has 62 valence electrons. The molecule has 0 fully saturated rings. The van der Waals surface area contributed by atoms with E-state index in [1.165, 1.54) is 12.1 Å². The van der Waals surface area contributed by atoms with Gasteiger partial charge in [0.2, 0.25) is 0 Å². The summed E-state index contributed by atoms with van der Waals surface area (Å²) in [5.74, 6) is 0. The van der Waals surface area contributed by atoms with Crippen molar-refractivity contribution in [1.82, 2.24) is 0 Å². The average Bonchev–Trinajstić information content (AvgIpc) is 1.94. The number of benzene rings is 1. The Hall–Kier alpha value is 0.103. The number of nitrogens with two attached hydrogens (primary N) is 1. The van der Waals surface area contributed by atoms with E-state index in [0.29, 0.717) is 15.5 Å². The summed E-state index contributed by atoms with van der Waals surface area (Å²) >= 11 is 2.05. The van der Waals surface area contributed by atoms with E-state index < -0.39 is 11.1 Å². The molecule has 0 bridgehead atoms. The Morgan fingerprint density at radius 3 is 2.50 bits per heavy atom. The first kappa shape index (κ1) is 12.1. The molecule has 1 atom stereocenters. The van der Waals surface area contributed by atoms with Crippen molar-refractivity contribution in [3.05, 3.63) is 18.2 Å². The van der Waals surface area contributed by atoms with Crippen molar-refractivity contribution in [2.75, 3.05) is 5.73 Å². The summed E-state index contributed by atoms with van der Waals surface area (Å²) < 4.78 is 19.1. The predicted molar refractivity (Wildman–Crippen MR) is 47.1 cm³/mol. The first-order valence-electron chi connectivity index (χ1n) is 2.80. The van der Waals surface area contributed by atoms with Crippen molar-refractivity contribution in [2.45, 2.75) is 9.79 Å². The van der Waals surface area contributed by atoms with Gasteiger partial charge in [-0.25, -0.2) is 4.21 Å². The fourth-order valence-corrected chi connectivity index (χ4v) is 1.19. The minimum atomic E-state index is -1.96. The maximum absolute atomic E-state index is 10.5. The van der Waals surface area contributed by atoms with Crippen molar-refractivity contribution in [2.24, 2.45) is 0 Å². The molecule has 6 heteroatoms. The van der Waals surface area contributed by atoms with Crippen LogP contribution in [0.5, 0.6) is 0 Å². The predicted octanol–water partition coefficient (Wildman–Crippen LogP) is 1.14. The fraction of sp³-hybridized carbons (Fsp3) is 0. The van der Waals surface area contributed by atoms with Gasteiger partial charge in [-0.2, -0.15) is 0 Å². The first-order chi connectivity index (χ1) is 5.11. The molecule has 0 radical (unpaired) electrons. The molecular formula is C6H7NO2S2Zn. The van der Waals surface area contributed by atoms with Crippen molar-refractivity contribution in [1.29, 1.82) is 0 Å². The van der Waals surface area contributed by atoms with Crippen LogP contribution in [0.15, 0.2) is 28.0 Å². The van der Waals surface area contributed by atoms with Crippen LogP contribution >= 0.6 is 12.6 Å². The zero-order valence-electron chi connectivity index (χ0n) is 6.23. The number of nitrogen functional groups attached to an aromatic ring is 1. The van der Waals surface area contributed by atoms with Gasteiger partial charge in [0, 0.05) is 30.1 Å². The zero-order chi connectivity index (χ0) is 8.43. The standard InChI is InChI=1S/C6H7NO2S2.Zn/c7-5-3-4(11(8)9)1-2-6(5)10;/h1-3,10H,7H2,(H,8,9);. The average molecular weight is 255 g/mol. The molecule has 0 saturated carbocycles. The van der Waals surface area contributed by atoms with E-state index >= 15 is 0 Å². The van der Waals surface area contributed by atoms with Gasteiger partial charge in [-0.05, 0) is 18.2 Å². The van der Waals surface area contributed by atoms with Crippen LogP contribution in [0.3, 0.4) is 0 Å². The molecule has 0 spiro atoms. The van der Waals surface area contributed by atoms with Gasteiger partial charge >= 0.3 is 0 Å². The zero-order valence-corrected chi connectivity index (χ0v) is 10.9. The number of anilines is 1. The molecule has 0 amide bonds. The van der Waals surface area contributed by atoms with Crippen LogP contribution in [0.2, 0.25) is 0 Å². The van der Waals surface area contributed by atoms with E-state index in [-0.39, 0.29) is 19.5 Å². The third kappa shape index (κ3) is 2.86. The van der Waals surface area contributed by atoms with Crippen LogP contribution in [0.4, 0.5) is 5.69 Å². The van der Waals surface area contributed by atoms with Crippen molar-refractivity contribution < 1.29 is 28.2 Å². The Morgan fingerprint density at radius 2 is 2.08 bits per heavy atom. The third-order valence-corrected chi connectivity index (χ3v) is 2.27. The fourth-order valence-electron chi connectivity index (χ4n) is 0.641. The Morgan fingerprint density at radius 1 is 1.50 bits per heavy atom. The van der Waals surface area contributed by atoms with E-state index in [9.17, 15) is 4.21 Å². The number of hydrogen-bond donors (Lipinski definition) is 3. The summed E-state index contributed by atoms with van der Waals surface area (Å²) in [6, 6.07) is 4.52. The SMILES string of the molecule is Nc1cc(S(=O)O)ccc1S.[Zn]. The minimum Gasteiger partial charge on any atom is -0.398 e. The molecule has 1 aromatic carbocycles. The van der Waals surface area contributed by atoms with Crippen molar-refractivity contribution in [3.8, 4) is 0 Å². The van der Waals surface area contributed by atoms with Crippen LogP contribution in [0.25, 0.3) is 0 Å². The smallest absolute Gasteiger partial charge is 0.186 e. The van der Waals surface area contributed by atoms with Gasteiger partial charge in [0.25, 0.3) is 0 Å². The summed E-state index contributed by atoms with van der Waals surface area (Å²) in [6.07, 6.45) is 0. The van der Waals surface area contributed by atoms with Gasteiger partial charge in [0.1, 0.15) is 0 Å². The second-order valence-corrected chi connectivity index (χ2v) is 3.42. The molecule has 3 N–H and O–H groups in total. The third-order valence-electron chi connectivity index (χ3n) is 1.20. The molecule has 0 aliphatic carbocycles. The monoisotopic (exact) mass is 253 g/mol. The number of thiol groups is 1. The van der Waals surface area contributed by atoms with E-state index in [0.717, 1.165) is 0 Å². The summed E-state index contributed by atoms with van der Waals surface area (Å²) in [6.45, 7) is 0. The number of hydrogen-bond acceptors (Lipinski definition) is 3. The molecule has 1 unspecified atom stereocenters. The van der Waals surface area contributed by atoms with E-state index in [1.807, 2.05) is 0 Å². The second-order valence-electron chi connectivity index (χ2n) is 1.97. The van der Waals surface area contributed by atoms with Gasteiger partial charge in [0.05, 0.1) is 4.90 Å². The molecule has 1 aromatic rings. The van der Waals surface area contributed by atoms with Crippen LogP contribution in [0.1, 0.15) is 0 Å². The molecular weight excluding hydrogens is 248 g/mol. The molecule has 0 aliphatic rings. The molecule has 3 nitrogen and oxygen atoms in total. The normalized spacial score (nSPS) is 11.8. The second kappa shape index (κ2) is 4.97. The largest absolute Gasteiger partial charge is 0.398 e. The molecule has 0 saturated heterocycles. The van der Waals surface area contributed by atoms with E-state index in [1.54, 1.807) is 6.07 Å². The van der Waals surface area contributed by atoms with E-state index in [2.05, 4.69) is 12.6 Å². The maximum atomic E-state index is 10.5. The molecule has 1 rings (SSSR count). The minimum absolute atomic E-state index is 0. The Kier molecular flexibility index (Phi) is 5.01. The first-order valence-corrected chi connectivity index (χ1v) is 4.36. The summed E-state index contributed by atoms with van der Waals surface area (Å²) in [5, 5.41) is 0. The van der Waals surface area contributed by atoms with Gasteiger partial charge in [-0.1, -0.05) is 0 Å². The molecule has 0 aromatic heterocycles. The van der Waals surface area contributed by atoms with E-state index in [4.69, 9.17) is 10.3 Å². The van der Waals surface area contributed by atoms with Crippen LogP contribution in [0, 0.1) is 0 Å². The Balaban J connectivity index is 0.00000121. The maximum Gasteiger partial charge on any atom is 0.186 e. The van der Waals surface area contributed by atoms with Gasteiger partial charge < -0.3 is 10.3 Å². The quantitative estimate of drug-likeness (QED) is 0.305. The Labute approximate surface area is 91.2 Å². The van der Waals surface area contributed by atoms with Crippen molar-refractivity contribution >= 4 is 29.4 Å². The van der Waals surface area contributed by atoms with Crippen LogP contribution in [-0.2, 0) is 30.6 Å². The van der Waals surface area contributed by atoms with Gasteiger partial charge in [-0.3, -0.25) is 0 Å².